The van der Waals surface area contributed by atoms with Gasteiger partial charge in [0.1, 0.15) is 0 Å². The number of nitrogens with zero attached hydrogens (tertiary/aromatic N) is 2. The van der Waals surface area contributed by atoms with Gasteiger partial charge in [-0.25, -0.2) is 0 Å². The third-order valence-electron chi connectivity index (χ3n) is 5.79. The molecule has 0 amide bonds. The summed E-state index contributed by atoms with van der Waals surface area (Å²) in [5, 5.41) is 17.3. The van der Waals surface area contributed by atoms with Gasteiger partial charge in [-0.05, 0) is 56.1 Å². The van der Waals surface area contributed by atoms with Crippen molar-refractivity contribution in [2.45, 2.75) is 31.9 Å². The van der Waals surface area contributed by atoms with E-state index >= 15 is 0 Å². The highest BCUT2D eigenvalue weighted by atomic mass is 127. The molecule has 7 nitrogen and oxygen atoms in total. The molecule has 1 fully saturated rings. The topological polar surface area (TPSA) is 78.4 Å². The lowest BCUT2D eigenvalue weighted by atomic mass is 10.1. The summed E-state index contributed by atoms with van der Waals surface area (Å²) in [6.45, 7) is 6.00. The fourth-order valence-corrected chi connectivity index (χ4v) is 4.05. The second-order valence-electron chi connectivity index (χ2n) is 7.90. The molecule has 0 radical (unpaired) electrons. The number of hydrogen-bond acceptors (Lipinski definition) is 5. The third kappa shape index (κ3) is 7.75. The highest BCUT2D eigenvalue weighted by molar-refractivity contribution is 14.0. The first kappa shape index (κ1) is 27.2. The van der Waals surface area contributed by atoms with Crippen molar-refractivity contribution in [1.82, 2.24) is 15.5 Å². The number of benzene rings is 2. The van der Waals surface area contributed by atoms with Crippen LogP contribution >= 0.6 is 24.0 Å². The molecule has 182 valence electrons. The van der Waals surface area contributed by atoms with E-state index in [9.17, 15) is 5.11 Å². The zero-order chi connectivity index (χ0) is 22.8. The van der Waals surface area contributed by atoms with Crippen molar-refractivity contribution in [1.29, 1.82) is 0 Å². The lowest BCUT2D eigenvalue weighted by molar-refractivity contribution is 0.180. The molecular weight excluding hydrogens is 531 g/mol. The summed E-state index contributed by atoms with van der Waals surface area (Å²) in [6, 6.07) is 16.3. The number of hydrogen-bond donors (Lipinski definition) is 3. The number of aliphatic imine (C=N–C) groups is 1. The van der Waals surface area contributed by atoms with E-state index in [-0.39, 0.29) is 30.0 Å². The van der Waals surface area contributed by atoms with Crippen LogP contribution in [0.1, 0.15) is 43.0 Å². The van der Waals surface area contributed by atoms with Crippen LogP contribution in [-0.4, -0.2) is 62.9 Å². The number of guanidine groups is 1. The van der Waals surface area contributed by atoms with Crippen LogP contribution in [0.15, 0.2) is 53.5 Å². The van der Waals surface area contributed by atoms with Gasteiger partial charge in [-0.3, -0.25) is 9.89 Å². The van der Waals surface area contributed by atoms with Crippen molar-refractivity contribution in [2.24, 2.45) is 4.99 Å². The summed E-state index contributed by atoms with van der Waals surface area (Å²) in [7, 11) is 3.19. The third-order valence-corrected chi connectivity index (χ3v) is 5.79. The summed E-state index contributed by atoms with van der Waals surface area (Å²) >= 11 is 0. The van der Waals surface area contributed by atoms with Gasteiger partial charge in [0.05, 0.1) is 32.9 Å². The maximum absolute atomic E-state index is 10.7. The van der Waals surface area contributed by atoms with E-state index in [1.807, 2.05) is 13.0 Å². The summed E-state index contributed by atoms with van der Waals surface area (Å²) in [4.78, 5) is 7.37. The summed E-state index contributed by atoms with van der Waals surface area (Å²) < 4.78 is 10.6. The fraction of sp³-hybridized carbons (Fsp3) is 0.480. The van der Waals surface area contributed by atoms with Gasteiger partial charge < -0.3 is 25.2 Å². The molecule has 3 N–H and O–H groups in total. The van der Waals surface area contributed by atoms with E-state index in [0.717, 1.165) is 25.2 Å². The Morgan fingerprint density at radius 2 is 1.70 bits per heavy atom. The van der Waals surface area contributed by atoms with Gasteiger partial charge in [0.15, 0.2) is 17.5 Å². The van der Waals surface area contributed by atoms with Gasteiger partial charge in [-0.2, -0.15) is 0 Å². The van der Waals surface area contributed by atoms with Gasteiger partial charge in [-0.15, -0.1) is 24.0 Å². The Hall–Kier alpha value is -2.04. The number of likely N-dealkylation sites (tertiary alicyclic amines) is 1. The van der Waals surface area contributed by atoms with Crippen LogP contribution in [0, 0.1) is 0 Å². The average molecular weight is 569 g/mol. The summed E-state index contributed by atoms with van der Waals surface area (Å²) in [6.07, 6.45) is 1.77. The first-order valence-electron chi connectivity index (χ1n) is 11.4. The number of rotatable bonds is 10. The van der Waals surface area contributed by atoms with Crippen LogP contribution in [0.2, 0.25) is 0 Å². The molecule has 1 aliphatic rings. The van der Waals surface area contributed by atoms with Gasteiger partial charge in [0.2, 0.25) is 0 Å². The van der Waals surface area contributed by atoms with E-state index < -0.39 is 6.10 Å². The van der Waals surface area contributed by atoms with E-state index in [0.29, 0.717) is 30.5 Å². The second-order valence-corrected chi connectivity index (χ2v) is 7.90. The molecule has 0 spiro atoms. The first-order chi connectivity index (χ1) is 15.7. The first-order valence-corrected chi connectivity index (χ1v) is 11.4. The minimum atomic E-state index is -0.706. The second kappa shape index (κ2) is 14.3. The molecule has 2 aromatic carbocycles. The van der Waals surface area contributed by atoms with Crippen LogP contribution < -0.4 is 20.1 Å². The maximum Gasteiger partial charge on any atom is 0.191 e. The van der Waals surface area contributed by atoms with Crippen LogP contribution in [0.5, 0.6) is 11.5 Å². The SMILES string of the molecule is CCNC(=NCC(c1ccccc1)N1CCCC1)NCC(O)c1ccc(OC)c(OC)c1.I. The number of methoxy groups -OCH3 is 2. The lowest BCUT2D eigenvalue weighted by Gasteiger charge is -2.27. The largest absolute Gasteiger partial charge is 0.493 e. The molecule has 1 aliphatic heterocycles. The number of aliphatic hydroxyl groups excluding tert-OH is 1. The van der Waals surface area contributed by atoms with Gasteiger partial charge in [-0.1, -0.05) is 36.4 Å². The van der Waals surface area contributed by atoms with Crippen molar-refractivity contribution in [3.05, 3.63) is 59.7 Å². The molecule has 1 saturated heterocycles. The fourth-order valence-electron chi connectivity index (χ4n) is 4.05. The van der Waals surface area contributed by atoms with Crippen LogP contribution in [-0.2, 0) is 0 Å². The van der Waals surface area contributed by atoms with Crippen LogP contribution in [0.4, 0.5) is 0 Å². The van der Waals surface area contributed by atoms with Crippen LogP contribution in [0.25, 0.3) is 0 Å². The van der Waals surface area contributed by atoms with Crippen molar-refractivity contribution < 1.29 is 14.6 Å². The Kier molecular flexibility index (Phi) is 11.8. The normalized spacial score (nSPS) is 15.9. The van der Waals surface area contributed by atoms with E-state index in [1.165, 1.54) is 18.4 Å². The number of nitrogens with one attached hydrogen (secondary N) is 2. The monoisotopic (exact) mass is 568 g/mol. The van der Waals surface area contributed by atoms with Crippen molar-refractivity contribution >= 4 is 29.9 Å². The Balaban J connectivity index is 0.00000385. The molecule has 2 atom stereocenters. The molecular formula is C25H37IN4O3. The Labute approximate surface area is 214 Å². The Bertz CT molecular complexity index is 860. The lowest BCUT2D eigenvalue weighted by Crippen LogP contribution is -2.40. The zero-order valence-corrected chi connectivity index (χ0v) is 22.1. The Morgan fingerprint density at radius 1 is 1.00 bits per heavy atom. The van der Waals surface area contributed by atoms with E-state index in [4.69, 9.17) is 14.5 Å². The van der Waals surface area contributed by atoms with Crippen molar-refractivity contribution in [3.8, 4) is 11.5 Å². The molecule has 3 rings (SSSR count). The summed E-state index contributed by atoms with van der Waals surface area (Å²) in [5.74, 6) is 1.94. The molecule has 0 aromatic heterocycles. The van der Waals surface area contributed by atoms with Crippen molar-refractivity contribution in [3.63, 3.8) is 0 Å². The molecule has 2 unspecified atom stereocenters. The Morgan fingerprint density at radius 3 is 2.33 bits per heavy atom. The van der Waals surface area contributed by atoms with Crippen molar-refractivity contribution in [2.75, 3.05) is 46.9 Å². The van der Waals surface area contributed by atoms with Gasteiger partial charge in [0.25, 0.3) is 0 Å². The molecule has 0 bridgehead atoms. The minimum Gasteiger partial charge on any atom is -0.493 e. The standard InChI is InChI=1S/C25H36N4O3.HI/c1-4-26-25(28-18-22(30)20-12-13-23(31-2)24(16-20)32-3)27-17-21(29-14-8-9-15-29)19-10-6-5-7-11-19;/h5-7,10-13,16,21-22,30H,4,8-9,14-15,17-18H2,1-3H3,(H2,26,27,28);1H. The maximum atomic E-state index is 10.7. The number of aliphatic hydroxyl groups is 1. The molecule has 0 saturated carbocycles. The predicted molar refractivity (Wildman–Crippen MR) is 144 cm³/mol. The highest BCUT2D eigenvalue weighted by Gasteiger charge is 2.23. The molecule has 1 heterocycles. The van der Waals surface area contributed by atoms with Crippen LogP contribution in [0.3, 0.4) is 0 Å². The smallest absolute Gasteiger partial charge is 0.191 e. The molecule has 2 aromatic rings. The van der Waals surface area contributed by atoms with E-state index in [1.54, 1.807) is 26.4 Å². The quantitative estimate of drug-likeness (QED) is 0.230. The predicted octanol–water partition coefficient (Wildman–Crippen LogP) is 3.75. The number of halogens is 1. The molecule has 33 heavy (non-hydrogen) atoms. The van der Waals surface area contributed by atoms with Gasteiger partial charge >= 0.3 is 0 Å². The molecule has 8 heteroatoms. The van der Waals surface area contributed by atoms with Gasteiger partial charge in [0, 0.05) is 13.1 Å². The number of ether oxygens (including phenoxy) is 2. The highest BCUT2D eigenvalue weighted by Crippen LogP contribution is 2.30. The van der Waals surface area contributed by atoms with E-state index in [2.05, 4.69) is 45.9 Å². The zero-order valence-electron chi connectivity index (χ0n) is 19.8. The average Bonchev–Trinajstić information content (AvgIpc) is 3.37. The molecule has 0 aliphatic carbocycles. The minimum absolute atomic E-state index is 0. The summed E-state index contributed by atoms with van der Waals surface area (Å²) in [5.41, 5.74) is 2.05.